The molecule has 0 aliphatic heterocycles. The molecule has 0 N–H and O–H groups in total. The van der Waals surface area contributed by atoms with Gasteiger partial charge in [0.15, 0.2) is 0 Å². The second-order valence-electron chi connectivity index (χ2n) is 4.39. The maximum Gasteiger partial charge on any atom is 0.249 e. The molecule has 1 aromatic carbocycles. The van der Waals surface area contributed by atoms with Crippen molar-refractivity contribution in [1.82, 2.24) is 10.2 Å². The number of hydrogen-bond donors (Lipinski definition) is 0. The number of nitrogens with zero attached hydrogens (tertiary/aromatic N) is 2. The van der Waals surface area contributed by atoms with Crippen LogP contribution in [0.4, 0.5) is 0 Å². The first-order valence-corrected chi connectivity index (χ1v) is 6.24. The van der Waals surface area contributed by atoms with Gasteiger partial charge in [0.2, 0.25) is 11.8 Å². The number of halogens is 1. The molecule has 0 atom stereocenters. The Balaban J connectivity index is 2.20. The fourth-order valence-corrected chi connectivity index (χ4v) is 2.69. The van der Waals surface area contributed by atoms with Crippen molar-refractivity contribution in [3.8, 4) is 11.5 Å². The molecule has 0 unspecified atom stereocenters. The van der Waals surface area contributed by atoms with Crippen molar-refractivity contribution in [3.63, 3.8) is 0 Å². The summed E-state index contributed by atoms with van der Waals surface area (Å²) in [5.74, 6) is 1.12. The molecule has 4 heteroatoms. The lowest BCUT2D eigenvalue weighted by Gasteiger charge is -2.18. The molecule has 0 saturated carbocycles. The topological polar surface area (TPSA) is 38.9 Å². The minimum atomic E-state index is 0.547. The highest BCUT2D eigenvalue weighted by molar-refractivity contribution is 6.33. The first-order chi connectivity index (χ1) is 8.25. The molecule has 88 valence electrons. The van der Waals surface area contributed by atoms with E-state index in [4.69, 9.17) is 16.0 Å². The molecule has 0 radical (unpaired) electrons. The maximum atomic E-state index is 6.28. The molecule has 1 aliphatic rings. The SMILES string of the molecule is Cc1nnc(-c2c(Cl)ccc3c2CCCC3)o1. The number of benzene rings is 1. The molecule has 17 heavy (non-hydrogen) atoms. The van der Waals surface area contributed by atoms with Crippen LogP contribution in [0.2, 0.25) is 5.02 Å². The molecular formula is C13H13ClN2O. The van der Waals surface area contributed by atoms with E-state index in [-0.39, 0.29) is 0 Å². The van der Waals surface area contributed by atoms with Crippen LogP contribution in [0, 0.1) is 6.92 Å². The molecule has 0 saturated heterocycles. The fraction of sp³-hybridized carbons (Fsp3) is 0.385. The summed E-state index contributed by atoms with van der Waals surface area (Å²) in [5.41, 5.74) is 3.59. The summed E-state index contributed by atoms with van der Waals surface area (Å²) in [6, 6.07) is 4.05. The van der Waals surface area contributed by atoms with Crippen molar-refractivity contribution >= 4 is 11.6 Å². The first-order valence-electron chi connectivity index (χ1n) is 5.86. The Kier molecular flexibility index (Phi) is 2.63. The summed E-state index contributed by atoms with van der Waals surface area (Å²) in [4.78, 5) is 0. The van der Waals surface area contributed by atoms with Gasteiger partial charge in [0.25, 0.3) is 0 Å². The zero-order valence-electron chi connectivity index (χ0n) is 9.66. The second-order valence-corrected chi connectivity index (χ2v) is 4.80. The van der Waals surface area contributed by atoms with Gasteiger partial charge < -0.3 is 4.42 Å². The van der Waals surface area contributed by atoms with E-state index in [0.29, 0.717) is 16.8 Å². The Morgan fingerprint density at radius 3 is 2.76 bits per heavy atom. The third kappa shape index (κ3) is 1.84. The van der Waals surface area contributed by atoms with Crippen LogP contribution in [0.25, 0.3) is 11.5 Å². The molecule has 0 bridgehead atoms. The summed E-state index contributed by atoms with van der Waals surface area (Å²) >= 11 is 6.28. The van der Waals surface area contributed by atoms with Gasteiger partial charge >= 0.3 is 0 Å². The number of rotatable bonds is 1. The predicted octanol–water partition coefficient (Wildman–Crippen LogP) is 3.58. The summed E-state index contributed by atoms with van der Waals surface area (Å²) in [7, 11) is 0. The molecule has 3 rings (SSSR count). The highest BCUT2D eigenvalue weighted by Crippen LogP contribution is 2.36. The summed E-state index contributed by atoms with van der Waals surface area (Å²) in [5, 5.41) is 8.66. The van der Waals surface area contributed by atoms with Crippen molar-refractivity contribution in [2.24, 2.45) is 0 Å². The fourth-order valence-electron chi connectivity index (χ4n) is 2.43. The maximum absolute atomic E-state index is 6.28. The smallest absolute Gasteiger partial charge is 0.249 e. The highest BCUT2D eigenvalue weighted by Gasteiger charge is 2.20. The molecule has 2 aromatic rings. The zero-order chi connectivity index (χ0) is 11.8. The van der Waals surface area contributed by atoms with E-state index in [2.05, 4.69) is 16.3 Å². The van der Waals surface area contributed by atoms with Gasteiger partial charge in [-0.05, 0) is 42.9 Å². The van der Waals surface area contributed by atoms with E-state index >= 15 is 0 Å². The number of hydrogen-bond acceptors (Lipinski definition) is 3. The Morgan fingerprint density at radius 1 is 1.18 bits per heavy atom. The van der Waals surface area contributed by atoms with E-state index in [9.17, 15) is 0 Å². The third-order valence-corrected chi connectivity index (χ3v) is 3.54. The van der Waals surface area contributed by atoms with Crippen LogP contribution in [0.1, 0.15) is 29.9 Å². The van der Waals surface area contributed by atoms with Gasteiger partial charge in [-0.2, -0.15) is 0 Å². The Bertz CT molecular complexity index is 563. The standard InChI is InChI=1S/C13H13ClN2O/c1-8-15-16-13(17-8)12-10-5-3-2-4-9(10)6-7-11(12)14/h6-7H,2-5H2,1H3. The van der Waals surface area contributed by atoms with E-state index in [0.717, 1.165) is 18.4 Å². The van der Waals surface area contributed by atoms with Gasteiger partial charge in [0.1, 0.15) is 0 Å². The van der Waals surface area contributed by atoms with Crippen LogP contribution in [-0.2, 0) is 12.8 Å². The van der Waals surface area contributed by atoms with Crippen molar-refractivity contribution in [2.75, 3.05) is 0 Å². The summed E-state index contributed by atoms with van der Waals surface area (Å²) in [6.45, 7) is 1.79. The minimum absolute atomic E-state index is 0.547. The lowest BCUT2D eigenvalue weighted by Crippen LogP contribution is -2.05. The van der Waals surface area contributed by atoms with Gasteiger partial charge in [-0.1, -0.05) is 17.7 Å². The molecule has 1 heterocycles. The van der Waals surface area contributed by atoms with E-state index in [1.54, 1.807) is 6.92 Å². The molecule has 0 amide bonds. The molecule has 1 aliphatic carbocycles. The predicted molar refractivity (Wildman–Crippen MR) is 66.1 cm³/mol. The minimum Gasteiger partial charge on any atom is -0.421 e. The van der Waals surface area contributed by atoms with Gasteiger partial charge in [0, 0.05) is 6.92 Å². The Labute approximate surface area is 105 Å². The van der Waals surface area contributed by atoms with E-state index < -0.39 is 0 Å². The average Bonchev–Trinajstić information content (AvgIpc) is 2.75. The van der Waals surface area contributed by atoms with Gasteiger partial charge in [0.05, 0.1) is 10.6 Å². The zero-order valence-corrected chi connectivity index (χ0v) is 10.4. The van der Waals surface area contributed by atoms with Gasteiger partial charge in [-0.25, -0.2) is 0 Å². The number of aryl methyl sites for hydroxylation is 2. The van der Waals surface area contributed by atoms with Gasteiger partial charge in [-0.3, -0.25) is 0 Å². The second kappa shape index (κ2) is 4.15. The average molecular weight is 249 g/mol. The summed E-state index contributed by atoms with van der Waals surface area (Å²) < 4.78 is 5.51. The van der Waals surface area contributed by atoms with Crippen LogP contribution in [0.15, 0.2) is 16.5 Å². The van der Waals surface area contributed by atoms with Crippen molar-refractivity contribution < 1.29 is 4.42 Å². The van der Waals surface area contributed by atoms with E-state index in [1.807, 2.05) is 6.07 Å². The Morgan fingerprint density at radius 2 is 2.00 bits per heavy atom. The van der Waals surface area contributed by atoms with E-state index in [1.165, 1.54) is 24.0 Å². The molecule has 0 fully saturated rings. The largest absolute Gasteiger partial charge is 0.421 e. The van der Waals surface area contributed by atoms with Crippen molar-refractivity contribution in [1.29, 1.82) is 0 Å². The normalized spacial score (nSPS) is 14.7. The Hall–Kier alpha value is -1.35. The monoisotopic (exact) mass is 248 g/mol. The molecule has 0 spiro atoms. The van der Waals surface area contributed by atoms with Crippen LogP contribution in [0.3, 0.4) is 0 Å². The van der Waals surface area contributed by atoms with Crippen LogP contribution < -0.4 is 0 Å². The third-order valence-electron chi connectivity index (χ3n) is 3.22. The van der Waals surface area contributed by atoms with Crippen LogP contribution >= 0.6 is 11.6 Å². The first kappa shape index (κ1) is 10.8. The molecule has 1 aromatic heterocycles. The lowest BCUT2D eigenvalue weighted by molar-refractivity contribution is 0.531. The van der Waals surface area contributed by atoms with Crippen molar-refractivity contribution in [2.45, 2.75) is 32.6 Å². The van der Waals surface area contributed by atoms with Crippen LogP contribution in [0.5, 0.6) is 0 Å². The van der Waals surface area contributed by atoms with Crippen molar-refractivity contribution in [3.05, 3.63) is 34.2 Å². The molecule has 3 nitrogen and oxygen atoms in total. The summed E-state index contributed by atoms with van der Waals surface area (Å²) in [6.07, 6.45) is 4.61. The van der Waals surface area contributed by atoms with Gasteiger partial charge in [-0.15, -0.1) is 10.2 Å². The van der Waals surface area contributed by atoms with Crippen LogP contribution in [-0.4, -0.2) is 10.2 Å². The number of aromatic nitrogens is 2. The quantitative estimate of drug-likeness (QED) is 0.774. The lowest BCUT2D eigenvalue weighted by atomic mass is 9.88. The number of fused-ring (bicyclic) bond motifs is 1. The molecular weight excluding hydrogens is 236 g/mol. The highest BCUT2D eigenvalue weighted by atomic mass is 35.5.